The molecule has 0 atom stereocenters. The minimum Gasteiger partial charge on any atom is -0.380 e. The van der Waals surface area contributed by atoms with Crippen LogP contribution in [0.5, 0.6) is 0 Å². The number of pyridine rings is 1. The lowest BCUT2D eigenvalue weighted by Crippen LogP contribution is -2.29. The molecule has 0 aliphatic carbocycles. The summed E-state index contributed by atoms with van der Waals surface area (Å²) in [4.78, 5) is 3.99. The van der Waals surface area contributed by atoms with E-state index in [1.54, 1.807) is 6.20 Å². The smallest absolute Gasteiger partial charge is 0.163 e. The second kappa shape index (κ2) is 5.08. The Hall–Kier alpha value is -1.41. The van der Waals surface area contributed by atoms with E-state index in [1.807, 2.05) is 12.1 Å². The minimum atomic E-state index is -0.647. The molecule has 4 nitrogen and oxygen atoms in total. The molecule has 0 unspecified atom stereocenters. The summed E-state index contributed by atoms with van der Waals surface area (Å²) in [5.74, 6) is 1.50. The Morgan fingerprint density at radius 3 is 2.94 bits per heavy atom. The van der Waals surface area contributed by atoms with Crippen LogP contribution in [0, 0.1) is 11.3 Å². The van der Waals surface area contributed by atoms with Crippen LogP contribution in [0.4, 0.5) is 5.69 Å². The SMILES string of the molecule is N#Cc1ncccc1NC1CCS(=O)CC1. The van der Waals surface area contributed by atoms with Crippen LogP contribution >= 0.6 is 0 Å². The van der Waals surface area contributed by atoms with E-state index in [0.717, 1.165) is 30.0 Å². The van der Waals surface area contributed by atoms with Gasteiger partial charge in [-0.15, -0.1) is 0 Å². The Bertz CT molecular complexity index is 431. The molecule has 0 aromatic carbocycles. The summed E-state index contributed by atoms with van der Waals surface area (Å²) in [6.07, 6.45) is 3.40. The van der Waals surface area contributed by atoms with E-state index in [9.17, 15) is 4.21 Å². The number of hydrogen-bond donors (Lipinski definition) is 1. The van der Waals surface area contributed by atoms with Crippen LogP contribution in [0.2, 0.25) is 0 Å². The molecular weight excluding hydrogens is 222 g/mol. The van der Waals surface area contributed by atoms with Crippen molar-refractivity contribution in [3.8, 4) is 6.07 Å². The average molecular weight is 235 g/mol. The molecule has 84 valence electrons. The highest BCUT2D eigenvalue weighted by atomic mass is 32.2. The molecule has 1 aliphatic rings. The first-order valence-electron chi connectivity index (χ1n) is 5.26. The topological polar surface area (TPSA) is 65.8 Å². The number of anilines is 1. The van der Waals surface area contributed by atoms with E-state index in [-0.39, 0.29) is 0 Å². The number of hydrogen-bond acceptors (Lipinski definition) is 4. The van der Waals surface area contributed by atoms with Crippen LogP contribution < -0.4 is 5.32 Å². The highest BCUT2D eigenvalue weighted by molar-refractivity contribution is 7.85. The van der Waals surface area contributed by atoms with Crippen molar-refractivity contribution in [1.29, 1.82) is 5.26 Å². The molecule has 0 spiro atoms. The van der Waals surface area contributed by atoms with Gasteiger partial charge in [-0.1, -0.05) is 0 Å². The number of nitrogens with one attached hydrogen (secondary N) is 1. The molecule has 0 amide bonds. The van der Waals surface area contributed by atoms with Crippen molar-refractivity contribution in [2.45, 2.75) is 18.9 Å². The summed E-state index contributed by atoms with van der Waals surface area (Å²) >= 11 is 0. The molecule has 1 N–H and O–H groups in total. The third kappa shape index (κ3) is 2.58. The van der Waals surface area contributed by atoms with E-state index in [0.29, 0.717) is 11.7 Å². The summed E-state index contributed by atoms with van der Waals surface area (Å²) in [6, 6.07) is 6.04. The lowest BCUT2D eigenvalue weighted by atomic mass is 10.1. The third-order valence-corrected chi connectivity index (χ3v) is 4.04. The maximum absolute atomic E-state index is 11.2. The van der Waals surface area contributed by atoms with Gasteiger partial charge in [-0.2, -0.15) is 5.26 Å². The molecule has 1 aromatic heterocycles. The van der Waals surface area contributed by atoms with E-state index < -0.39 is 10.8 Å². The Kier molecular flexibility index (Phi) is 3.52. The monoisotopic (exact) mass is 235 g/mol. The van der Waals surface area contributed by atoms with Gasteiger partial charge >= 0.3 is 0 Å². The van der Waals surface area contributed by atoms with Crippen LogP contribution in [-0.4, -0.2) is 26.7 Å². The third-order valence-electron chi connectivity index (χ3n) is 2.66. The van der Waals surface area contributed by atoms with E-state index in [2.05, 4.69) is 16.4 Å². The van der Waals surface area contributed by atoms with Crippen LogP contribution in [0.15, 0.2) is 18.3 Å². The quantitative estimate of drug-likeness (QED) is 0.838. The van der Waals surface area contributed by atoms with Crippen molar-refractivity contribution in [2.75, 3.05) is 16.8 Å². The average Bonchev–Trinajstić information content (AvgIpc) is 2.33. The van der Waals surface area contributed by atoms with Gasteiger partial charge in [0.05, 0.1) is 5.69 Å². The summed E-state index contributed by atoms with van der Waals surface area (Å²) in [5.41, 5.74) is 1.21. The highest BCUT2D eigenvalue weighted by Gasteiger charge is 2.18. The zero-order valence-corrected chi connectivity index (χ0v) is 9.67. The number of aromatic nitrogens is 1. The second-order valence-electron chi connectivity index (χ2n) is 3.78. The molecule has 0 bridgehead atoms. The lowest BCUT2D eigenvalue weighted by Gasteiger charge is -2.23. The van der Waals surface area contributed by atoms with Gasteiger partial charge in [0.25, 0.3) is 0 Å². The number of rotatable bonds is 2. The van der Waals surface area contributed by atoms with Gasteiger partial charge < -0.3 is 5.32 Å². The van der Waals surface area contributed by atoms with Gasteiger partial charge in [0.1, 0.15) is 6.07 Å². The molecule has 1 aliphatic heterocycles. The fourth-order valence-electron chi connectivity index (χ4n) is 1.77. The summed E-state index contributed by atoms with van der Waals surface area (Å²) in [7, 11) is -0.647. The minimum absolute atomic E-state index is 0.314. The van der Waals surface area contributed by atoms with Gasteiger partial charge in [-0.3, -0.25) is 4.21 Å². The van der Waals surface area contributed by atoms with Gasteiger partial charge in [0.15, 0.2) is 5.69 Å². The van der Waals surface area contributed by atoms with Crippen molar-refractivity contribution in [1.82, 2.24) is 4.98 Å². The van der Waals surface area contributed by atoms with E-state index >= 15 is 0 Å². The van der Waals surface area contributed by atoms with Crippen molar-refractivity contribution in [2.24, 2.45) is 0 Å². The summed E-state index contributed by atoms with van der Waals surface area (Å²) < 4.78 is 11.2. The van der Waals surface area contributed by atoms with Gasteiger partial charge in [0, 0.05) is 34.5 Å². The summed E-state index contributed by atoms with van der Waals surface area (Å²) in [6.45, 7) is 0. The predicted octanol–water partition coefficient (Wildman–Crippen LogP) is 1.28. The molecule has 1 aromatic rings. The first-order chi connectivity index (χ1) is 7.79. The van der Waals surface area contributed by atoms with Crippen molar-refractivity contribution >= 4 is 16.5 Å². The van der Waals surface area contributed by atoms with Crippen LogP contribution in [-0.2, 0) is 10.8 Å². The number of nitrogens with zero attached hydrogens (tertiary/aromatic N) is 2. The Morgan fingerprint density at radius 1 is 1.50 bits per heavy atom. The molecule has 0 saturated carbocycles. The molecule has 16 heavy (non-hydrogen) atoms. The van der Waals surface area contributed by atoms with E-state index in [1.165, 1.54) is 0 Å². The van der Waals surface area contributed by atoms with Gasteiger partial charge in [0.2, 0.25) is 0 Å². The van der Waals surface area contributed by atoms with Gasteiger partial charge in [-0.25, -0.2) is 4.98 Å². The summed E-state index contributed by atoms with van der Waals surface area (Å²) in [5, 5.41) is 12.2. The van der Waals surface area contributed by atoms with Crippen LogP contribution in [0.25, 0.3) is 0 Å². The zero-order chi connectivity index (χ0) is 11.4. The van der Waals surface area contributed by atoms with Crippen molar-refractivity contribution in [3.05, 3.63) is 24.0 Å². The molecule has 2 heterocycles. The Morgan fingerprint density at radius 2 is 2.25 bits per heavy atom. The molecule has 1 saturated heterocycles. The first kappa shape index (κ1) is 11.1. The molecule has 0 radical (unpaired) electrons. The van der Waals surface area contributed by atoms with Crippen LogP contribution in [0.1, 0.15) is 18.5 Å². The zero-order valence-electron chi connectivity index (χ0n) is 8.85. The fourth-order valence-corrected chi connectivity index (χ4v) is 3.07. The largest absolute Gasteiger partial charge is 0.380 e. The van der Waals surface area contributed by atoms with Crippen molar-refractivity contribution < 1.29 is 4.21 Å². The Balaban J connectivity index is 2.04. The van der Waals surface area contributed by atoms with Gasteiger partial charge in [-0.05, 0) is 25.0 Å². The van der Waals surface area contributed by atoms with E-state index in [4.69, 9.17) is 5.26 Å². The lowest BCUT2D eigenvalue weighted by molar-refractivity contribution is 0.624. The molecule has 5 heteroatoms. The predicted molar refractivity (Wildman–Crippen MR) is 63.5 cm³/mol. The second-order valence-corrected chi connectivity index (χ2v) is 5.47. The number of nitriles is 1. The standard InChI is InChI=1S/C11H13N3OS/c12-8-11-10(2-1-5-13-11)14-9-3-6-16(15)7-4-9/h1-2,5,9,14H,3-4,6-7H2. The maximum atomic E-state index is 11.2. The van der Waals surface area contributed by atoms with Crippen LogP contribution in [0.3, 0.4) is 0 Å². The fraction of sp³-hybridized carbons (Fsp3) is 0.455. The molecule has 1 fully saturated rings. The Labute approximate surface area is 97.2 Å². The maximum Gasteiger partial charge on any atom is 0.163 e. The normalized spacial score (nSPS) is 24.7. The molecular formula is C11H13N3OS. The first-order valence-corrected chi connectivity index (χ1v) is 6.75. The molecule has 2 rings (SSSR count). The highest BCUT2D eigenvalue weighted by Crippen LogP contribution is 2.17. The van der Waals surface area contributed by atoms with Crippen molar-refractivity contribution in [3.63, 3.8) is 0 Å².